The number of likely N-dealkylation sites (N-methyl/N-ethyl adjacent to an activating group) is 1. The molecular weight excluding hydrogens is 353 g/mol. The molecule has 8 heteroatoms. The molecule has 0 fully saturated rings. The molecule has 0 saturated carbocycles. The Labute approximate surface area is 155 Å². The van der Waals surface area contributed by atoms with Crippen molar-refractivity contribution >= 4 is 29.1 Å². The molecule has 1 heterocycles. The van der Waals surface area contributed by atoms with Crippen LogP contribution >= 0.6 is 0 Å². The molecule has 140 valence electrons. The van der Waals surface area contributed by atoms with Gasteiger partial charge in [0.1, 0.15) is 18.1 Å². The Bertz CT molecular complexity index is 914. The number of hydrogen-bond acceptors (Lipinski definition) is 4. The van der Waals surface area contributed by atoms with E-state index >= 15 is 0 Å². The maximum absolute atomic E-state index is 13.3. The number of carbonyl (C=O) groups excluding carboxylic acids is 3. The first-order chi connectivity index (χ1) is 12.8. The second kappa shape index (κ2) is 7.45. The Kier molecular flexibility index (Phi) is 5.07. The largest absolute Gasteiger partial charge is 0.482 e. The third-order valence-electron chi connectivity index (χ3n) is 4.04. The Morgan fingerprint density at radius 3 is 2.70 bits per heavy atom. The number of rotatable bonds is 4. The van der Waals surface area contributed by atoms with Crippen molar-refractivity contribution in [2.24, 2.45) is 0 Å². The molecule has 0 unspecified atom stereocenters. The third-order valence-corrected chi connectivity index (χ3v) is 4.04. The Balaban J connectivity index is 1.87. The zero-order chi connectivity index (χ0) is 19.6. The first-order valence-electron chi connectivity index (χ1n) is 8.19. The van der Waals surface area contributed by atoms with Gasteiger partial charge in [0.05, 0.1) is 5.69 Å². The van der Waals surface area contributed by atoms with E-state index in [1.54, 1.807) is 26.2 Å². The van der Waals surface area contributed by atoms with Crippen molar-refractivity contribution in [1.82, 2.24) is 4.90 Å². The molecule has 1 N–H and O–H groups in total. The number of halogens is 1. The fourth-order valence-corrected chi connectivity index (χ4v) is 2.56. The van der Waals surface area contributed by atoms with Crippen LogP contribution in [0.4, 0.5) is 15.8 Å². The van der Waals surface area contributed by atoms with Gasteiger partial charge in [-0.15, -0.1) is 0 Å². The molecular formula is C19H18FN3O4. The number of nitrogens with zero attached hydrogens (tertiary/aromatic N) is 2. The summed E-state index contributed by atoms with van der Waals surface area (Å²) in [6, 6.07) is 10.1. The lowest BCUT2D eigenvalue weighted by atomic mass is 10.1. The van der Waals surface area contributed by atoms with Crippen LogP contribution in [0.15, 0.2) is 42.5 Å². The van der Waals surface area contributed by atoms with Crippen molar-refractivity contribution in [2.45, 2.75) is 0 Å². The third kappa shape index (κ3) is 4.05. The van der Waals surface area contributed by atoms with E-state index in [9.17, 15) is 18.8 Å². The number of nitrogens with one attached hydrogen (secondary N) is 1. The standard InChI is InChI=1S/C19H18FN3O4/c1-22(2)17(24)10-23-15-8-12(6-7-16(15)27-11-18(23)25)19(26)21-14-5-3-4-13(20)9-14/h3-9H,10-11H2,1-2H3,(H,21,26). The second-order valence-corrected chi connectivity index (χ2v) is 6.20. The number of carbonyl (C=O) groups is 3. The van der Waals surface area contributed by atoms with Crippen molar-refractivity contribution in [3.8, 4) is 5.75 Å². The molecule has 0 spiro atoms. The first kappa shape index (κ1) is 18.4. The predicted octanol–water partition coefficient (Wildman–Crippen LogP) is 1.89. The molecule has 3 rings (SSSR count). The summed E-state index contributed by atoms with van der Waals surface area (Å²) in [5, 5.41) is 2.59. The minimum absolute atomic E-state index is 0.156. The number of fused-ring (bicyclic) bond motifs is 1. The summed E-state index contributed by atoms with van der Waals surface area (Å²) >= 11 is 0. The minimum Gasteiger partial charge on any atom is -0.482 e. The molecule has 1 aliphatic heterocycles. The summed E-state index contributed by atoms with van der Waals surface area (Å²) in [5.41, 5.74) is 0.900. The van der Waals surface area contributed by atoms with Gasteiger partial charge < -0.3 is 15.0 Å². The Morgan fingerprint density at radius 2 is 2.00 bits per heavy atom. The molecule has 7 nitrogen and oxygen atoms in total. The van der Waals surface area contributed by atoms with E-state index in [-0.39, 0.29) is 30.5 Å². The summed E-state index contributed by atoms with van der Waals surface area (Å²) in [6.07, 6.45) is 0. The van der Waals surface area contributed by atoms with Crippen LogP contribution in [0.2, 0.25) is 0 Å². The number of hydrogen-bond donors (Lipinski definition) is 1. The topological polar surface area (TPSA) is 79.0 Å². The normalized spacial score (nSPS) is 12.9. The van der Waals surface area contributed by atoms with Crippen molar-refractivity contribution in [1.29, 1.82) is 0 Å². The fraction of sp³-hybridized carbons (Fsp3) is 0.211. The molecule has 0 bridgehead atoms. The van der Waals surface area contributed by atoms with E-state index < -0.39 is 11.7 Å². The van der Waals surface area contributed by atoms with Crippen LogP contribution < -0.4 is 15.0 Å². The summed E-state index contributed by atoms with van der Waals surface area (Å²) in [5.74, 6) is -1.17. The summed E-state index contributed by atoms with van der Waals surface area (Å²) in [7, 11) is 3.19. The van der Waals surface area contributed by atoms with Crippen molar-refractivity contribution in [3.05, 3.63) is 53.8 Å². The maximum atomic E-state index is 13.3. The quantitative estimate of drug-likeness (QED) is 0.890. The highest BCUT2D eigenvalue weighted by Crippen LogP contribution is 2.33. The van der Waals surface area contributed by atoms with Gasteiger partial charge in [0, 0.05) is 25.3 Å². The van der Waals surface area contributed by atoms with Gasteiger partial charge in [0.25, 0.3) is 11.8 Å². The molecule has 1 aliphatic rings. The molecule has 2 aromatic carbocycles. The van der Waals surface area contributed by atoms with Crippen LogP contribution in [-0.2, 0) is 9.59 Å². The number of anilines is 2. The molecule has 0 radical (unpaired) electrons. The molecule has 0 atom stereocenters. The maximum Gasteiger partial charge on any atom is 0.265 e. The van der Waals surface area contributed by atoms with Crippen LogP contribution in [0.25, 0.3) is 0 Å². The molecule has 3 amide bonds. The average molecular weight is 371 g/mol. The van der Waals surface area contributed by atoms with Gasteiger partial charge >= 0.3 is 0 Å². The molecule has 0 aliphatic carbocycles. The zero-order valence-electron chi connectivity index (χ0n) is 14.9. The number of ether oxygens (including phenoxy) is 1. The molecule has 27 heavy (non-hydrogen) atoms. The minimum atomic E-state index is -0.472. The predicted molar refractivity (Wildman–Crippen MR) is 97.3 cm³/mol. The zero-order valence-corrected chi connectivity index (χ0v) is 14.9. The highest BCUT2D eigenvalue weighted by molar-refractivity contribution is 6.07. The van der Waals surface area contributed by atoms with Crippen LogP contribution in [0.5, 0.6) is 5.75 Å². The monoisotopic (exact) mass is 371 g/mol. The Hall–Kier alpha value is -3.42. The lowest BCUT2D eigenvalue weighted by Gasteiger charge is -2.30. The van der Waals surface area contributed by atoms with E-state index in [0.717, 1.165) is 0 Å². The molecule has 0 aromatic heterocycles. The highest BCUT2D eigenvalue weighted by atomic mass is 19.1. The smallest absolute Gasteiger partial charge is 0.265 e. The van der Waals surface area contributed by atoms with Crippen molar-refractivity contribution in [2.75, 3.05) is 37.5 Å². The second-order valence-electron chi connectivity index (χ2n) is 6.20. The fourth-order valence-electron chi connectivity index (χ4n) is 2.56. The summed E-state index contributed by atoms with van der Waals surface area (Å²) < 4.78 is 18.7. The first-order valence-corrected chi connectivity index (χ1v) is 8.19. The lowest BCUT2D eigenvalue weighted by Crippen LogP contribution is -2.44. The van der Waals surface area contributed by atoms with Gasteiger partial charge in [-0.05, 0) is 36.4 Å². The van der Waals surface area contributed by atoms with Crippen molar-refractivity contribution < 1.29 is 23.5 Å². The van der Waals surface area contributed by atoms with Gasteiger partial charge in [-0.1, -0.05) is 6.07 Å². The van der Waals surface area contributed by atoms with Gasteiger partial charge in [0.15, 0.2) is 6.61 Å². The van der Waals surface area contributed by atoms with Crippen LogP contribution in [0.3, 0.4) is 0 Å². The van der Waals surface area contributed by atoms with E-state index in [4.69, 9.17) is 4.74 Å². The van der Waals surface area contributed by atoms with E-state index in [1.807, 2.05) is 0 Å². The van der Waals surface area contributed by atoms with E-state index in [0.29, 0.717) is 17.1 Å². The van der Waals surface area contributed by atoms with Crippen LogP contribution in [-0.4, -0.2) is 49.9 Å². The van der Waals surface area contributed by atoms with Crippen LogP contribution in [0.1, 0.15) is 10.4 Å². The lowest BCUT2D eigenvalue weighted by molar-refractivity contribution is -0.130. The van der Waals surface area contributed by atoms with Crippen molar-refractivity contribution in [3.63, 3.8) is 0 Å². The van der Waals surface area contributed by atoms with E-state index in [2.05, 4.69) is 5.32 Å². The highest BCUT2D eigenvalue weighted by Gasteiger charge is 2.28. The number of amides is 3. The summed E-state index contributed by atoms with van der Waals surface area (Å²) in [6.45, 7) is -0.334. The van der Waals surface area contributed by atoms with Gasteiger partial charge in [-0.2, -0.15) is 0 Å². The van der Waals surface area contributed by atoms with Crippen LogP contribution in [0, 0.1) is 5.82 Å². The van der Waals surface area contributed by atoms with Gasteiger partial charge in [-0.3, -0.25) is 19.3 Å². The Morgan fingerprint density at radius 1 is 1.22 bits per heavy atom. The molecule has 2 aromatic rings. The number of benzene rings is 2. The summed E-state index contributed by atoms with van der Waals surface area (Å²) in [4.78, 5) is 39.4. The molecule has 0 saturated heterocycles. The van der Waals surface area contributed by atoms with Gasteiger partial charge in [0.2, 0.25) is 5.91 Å². The average Bonchev–Trinajstić information content (AvgIpc) is 2.63. The SMILES string of the molecule is CN(C)C(=O)CN1C(=O)COc2ccc(C(=O)Nc3cccc(F)c3)cc21. The van der Waals surface area contributed by atoms with E-state index in [1.165, 1.54) is 40.1 Å². The van der Waals surface area contributed by atoms with Gasteiger partial charge in [-0.25, -0.2) is 4.39 Å².